The van der Waals surface area contributed by atoms with Gasteiger partial charge in [0.15, 0.2) is 0 Å². The molecule has 0 saturated carbocycles. The summed E-state index contributed by atoms with van der Waals surface area (Å²) in [5.41, 5.74) is 5.52. The summed E-state index contributed by atoms with van der Waals surface area (Å²) in [4.78, 5) is 11.8. The molecule has 140 valence electrons. The Morgan fingerprint density at radius 2 is 2.11 bits per heavy atom. The first-order valence-electron chi connectivity index (χ1n) is 8.80. The number of carbonyl (C=O) groups excluding carboxylic acids is 1. The van der Waals surface area contributed by atoms with Crippen molar-refractivity contribution in [2.75, 3.05) is 13.7 Å². The van der Waals surface area contributed by atoms with Gasteiger partial charge >= 0.3 is 0 Å². The smallest absolute Gasteiger partial charge is 0.244 e. The number of likely N-dealkylation sites (N-methyl/N-ethyl adjacent to an activating group) is 1. The lowest BCUT2D eigenvalue weighted by atomic mass is 9.96. The molecular formula is C22H22BrNO3. The Morgan fingerprint density at radius 1 is 1.33 bits per heavy atom. The summed E-state index contributed by atoms with van der Waals surface area (Å²) in [6.07, 6.45) is 3.36. The molecule has 1 N–H and O–H groups in total. The number of rotatable bonds is 5. The first-order chi connectivity index (χ1) is 13.0. The molecule has 0 spiro atoms. The fourth-order valence-electron chi connectivity index (χ4n) is 3.17. The van der Waals surface area contributed by atoms with E-state index in [-0.39, 0.29) is 5.91 Å². The van der Waals surface area contributed by atoms with Gasteiger partial charge in [-0.05, 0) is 50.1 Å². The van der Waals surface area contributed by atoms with Crippen molar-refractivity contribution in [2.45, 2.75) is 20.8 Å². The molecule has 1 aromatic heterocycles. The number of furan rings is 1. The van der Waals surface area contributed by atoms with Crippen LogP contribution >= 0.6 is 15.9 Å². The second kappa shape index (κ2) is 8.01. The Kier molecular flexibility index (Phi) is 5.71. The van der Waals surface area contributed by atoms with Crippen molar-refractivity contribution in [1.29, 1.82) is 0 Å². The topological polar surface area (TPSA) is 51.5 Å². The molecule has 0 fully saturated rings. The predicted octanol–water partition coefficient (Wildman–Crippen LogP) is 5.72. The van der Waals surface area contributed by atoms with E-state index >= 15 is 0 Å². The minimum Gasteiger partial charge on any atom is -0.493 e. The van der Waals surface area contributed by atoms with Gasteiger partial charge in [-0.2, -0.15) is 0 Å². The van der Waals surface area contributed by atoms with E-state index in [0.717, 1.165) is 49.0 Å². The highest BCUT2D eigenvalue weighted by Gasteiger charge is 2.19. The van der Waals surface area contributed by atoms with Crippen LogP contribution in [-0.2, 0) is 4.79 Å². The number of allylic oxidation sites excluding steroid dienone is 1. The predicted molar refractivity (Wildman–Crippen MR) is 113 cm³/mol. The maximum Gasteiger partial charge on any atom is 0.244 e. The maximum atomic E-state index is 11.8. The van der Waals surface area contributed by atoms with E-state index in [9.17, 15) is 4.79 Å². The lowest BCUT2D eigenvalue weighted by Gasteiger charge is -2.15. The zero-order valence-corrected chi connectivity index (χ0v) is 17.4. The van der Waals surface area contributed by atoms with Crippen molar-refractivity contribution < 1.29 is 13.9 Å². The molecule has 27 heavy (non-hydrogen) atoms. The number of halogens is 1. The van der Waals surface area contributed by atoms with E-state index in [4.69, 9.17) is 9.15 Å². The molecule has 0 aliphatic rings. The van der Waals surface area contributed by atoms with Crippen molar-refractivity contribution in [2.24, 2.45) is 0 Å². The summed E-state index contributed by atoms with van der Waals surface area (Å²) in [7, 11) is 1.62. The van der Waals surface area contributed by atoms with E-state index in [0.29, 0.717) is 6.61 Å². The SMILES string of the molecule is CCOc1c(/C(C)=C/C(=O)NC)cc2c(-c3cccc(Br)c3)coc2c1C. The summed E-state index contributed by atoms with van der Waals surface area (Å²) in [6, 6.07) is 10.1. The first-order valence-corrected chi connectivity index (χ1v) is 9.59. The number of hydrogen-bond acceptors (Lipinski definition) is 3. The van der Waals surface area contributed by atoms with Crippen LogP contribution in [0.15, 0.2) is 51.6 Å². The van der Waals surface area contributed by atoms with Gasteiger partial charge in [0.1, 0.15) is 11.3 Å². The third-order valence-corrected chi connectivity index (χ3v) is 4.98. The minimum atomic E-state index is -0.146. The summed E-state index contributed by atoms with van der Waals surface area (Å²) < 4.78 is 12.8. The molecule has 1 amide bonds. The van der Waals surface area contributed by atoms with Gasteiger partial charge in [-0.15, -0.1) is 0 Å². The molecular weight excluding hydrogens is 406 g/mol. The normalized spacial score (nSPS) is 11.7. The largest absolute Gasteiger partial charge is 0.493 e. The quantitative estimate of drug-likeness (QED) is 0.529. The molecule has 5 heteroatoms. The van der Waals surface area contributed by atoms with Gasteiger partial charge in [0.05, 0.1) is 12.9 Å². The van der Waals surface area contributed by atoms with Crippen LogP contribution in [0.2, 0.25) is 0 Å². The average molecular weight is 428 g/mol. The highest BCUT2D eigenvalue weighted by atomic mass is 79.9. The van der Waals surface area contributed by atoms with Gasteiger partial charge in [0.2, 0.25) is 5.91 Å². The number of aryl methyl sites for hydroxylation is 1. The van der Waals surface area contributed by atoms with E-state index in [1.54, 1.807) is 19.4 Å². The minimum absolute atomic E-state index is 0.146. The van der Waals surface area contributed by atoms with E-state index in [1.165, 1.54) is 0 Å². The summed E-state index contributed by atoms with van der Waals surface area (Å²) >= 11 is 3.53. The molecule has 0 radical (unpaired) electrons. The van der Waals surface area contributed by atoms with Crippen molar-refractivity contribution in [3.05, 3.63) is 58.3 Å². The molecule has 3 rings (SSSR count). The molecule has 0 saturated heterocycles. The van der Waals surface area contributed by atoms with Gasteiger partial charge < -0.3 is 14.5 Å². The second-order valence-electron chi connectivity index (χ2n) is 6.29. The van der Waals surface area contributed by atoms with Crippen LogP contribution in [0, 0.1) is 6.92 Å². The van der Waals surface area contributed by atoms with Crippen LogP contribution in [0.5, 0.6) is 5.75 Å². The third kappa shape index (κ3) is 3.78. The number of carbonyl (C=O) groups is 1. The molecule has 0 aliphatic heterocycles. The van der Waals surface area contributed by atoms with Crippen LogP contribution < -0.4 is 10.1 Å². The molecule has 1 heterocycles. The highest BCUT2D eigenvalue weighted by Crippen LogP contribution is 2.41. The Balaban J connectivity index is 2.27. The van der Waals surface area contributed by atoms with E-state index in [1.807, 2.05) is 45.0 Å². The molecule has 3 aromatic rings. The molecule has 0 unspecified atom stereocenters. The zero-order valence-electron chi connectivity index (χ0n) is 15.9. The van der Waals surface area contributed by atoms with Crippen molar-refractivity contribution in [3.8, 4) is 16.9 Å². The number of benzene rings is 2. The van der Waals surface area contributed by atoms with Crippen molar-refractivity contribution in [3.63, 3.8) is 0 Å². The van der Waals surface area contributed by atoms with Crippen LogP contribution in [0.25, 0.3) is 27.7 Å². The van der Waals surface area contributed by atoms with Gasteiger partial charge in [0, 0.05) is 39.7 Å². The fraction of sp³-hybridized carbons (Fsp3) is 0.227. The zero-order chi connectivity index (χ0) is 19.6. The number of amides is 1. The van der Waals surface area contributed by atoms with Crippen LogP contribution in [-0.4, -0.2) is 19.6 Å². The lowest BCUT2D eigenvalue weighted by Crippen LogP contribution is -2.14. The molecule has 0 aliphatic carbocycles. The van der Waals surface area contributed by atoms with Crippen molar-refractivity contribution >= 4 is 38.4 Å². The monoisotopic (exact) mass is 427 g/mol. The Bertz CT molecular complexity index is 1030. The fourth-order valence-corrected chi connectivity index (χ4v) is 3.56. The third-order valence-electron chi connectivity index (χ3n) is 4.49. The average Bonchev–Trinajstić information content (AvgIpc) is 3.08. The Hall–Kier alpha value is -2.53. The van der Waals surface area contributed by atoms with E-state index in [2.05, 4.69) is 27.3 Å². The summed E-state index contributed by atoms with van der Waals surface area (Å²) in [5.74, 6) is 0.602. The van der Waals surface area contributed by atoms with Crippen molar-refractivity contribution in [1.82, 2.24) is 5.32 Å². The van der Waals surface area contributed by atoms with Gasteiger partial charge in [-0.25, -0.2) is 0 Å². The maximum absolute atomic E-state index is 11.8. The summed E-state index contributed by atoms with van der Waals surface area (Å²) in [6.45, 7) is 6.38. The number of ether oxygens (including phenoxy) is 1. The second-order valence-corrected chi connectivity index (χ2v) is 7.20. The van der Waals surface area contributed by atoms with Gasteiger partial charge in [-0.1, -0.05) is 28.1 Å². The number of nitrogens with one attached hydrogen (secondary N) is 1. The molecule has 4 nitrogen and oxygen atoms in total. The van der Waals surface area contributed by atoms with Crippen LogP contribution in [0.4, 0.5) is 0 Å². The Labute approximate surface area is 167 Å². The van der Waals surface area contributed by atoms with Crippen LogP contribution in [0.3, 0.4) is 0 Å². The standard InChI is InChI=1S/C22H22BrNO3/c1-5-26-21-14(3)22-18(11-17(21)13(2)9-20(25)24-4)19(12-27-22)15-7-6-8-16(23)10-15/h6-12H,5H2,1-4H3,(H,24,25)/b13-9+. The molecule has 2 aromatic carbocycles. The van der Waals surface area contributed by atoms with Gasteiger partial charge in [-0.3, -0.25) is 4.79 Å². The van der Waals surface area contributed by atoms with Crippen LogP contribution in [0.1, 0.15) is 25.0 Å². The highest BCUT2D eigenvalue weighted by molar-refractivity contribution is 9.10. The number of hydrogen-bond donors (Lipinski definition) is 1. The Morgan fingerprint density at radius 3 is 2.78 bits per heavy atom. The molecule has 0 atom stereocenters. The van der Waals surface area contributed by atoms with E-state index < -0.39 is 0 Å². The molecule has 0 bridgehead atoms. The first kappa shape index (κ1) is 19.2. The van der Waals surface area contributed by atoms with Gasteiger partial charge in [0.25, 0.3) is 0 Å². The number of fused-ring (bicyclic) bond motifs is 1. The lowest BCUT2D eigenvalue weighted by molar-refractivity contribution is -0.116. The summed E-state index contributed by atoms with van der Waals surface area (Å²) in [5, 5.41) is 3.62.